The van der Waals surface area contributed by atoms with Gasteiger partial charge in [0.1, 0.15) is 17.1 Å². The first-order valence-electron chi connectivity index (χ1n) is 4.79. The average Bonchev–Trinajstić information content (AvgIpc) is 2.75. The maximum Gasteiger partial charge on any atom is 0.236 e. The van der Waals surface area contributed by atoms with E-state index in [2.05, 4.69) is 14.1 Å². The zero-order valence-electron chi connectivity index (χ0n) is 8.68. The molecule has 17 heavy (non-hydrogen) atoms. The maximum atomic E-state index is 10.8. The van der Waals surface area contributed by atoms with E-state index in [9.17, 15) is 4.79 Å². The molecule has 1 heterocycles. The van der Waals surface area contributed by atoms with E-state index in [0.717, 1.165) is 17.2 Å². The Kier molecular flexibility index (Phi) is 3.41. The Bertz CT molecular complexity index is 557. The lowest BCUT2D eigenvalue weighted by atomic mass is 10.2. The number of benzene rings is 1. The van der Waals surface area contributed by atoms with Gasteiger partial charge < -0.3 is 16.8 Å². The van der Waals surface area contributed by atoms with E-state index < -0.39 is 11.9 Å². The molecule has 1 aromatic heterocycles. The lowest BCUT2D eigenvalue weighted by molar-refractivity contribution is -0.118. The van der Waals surface area contributed by atoms with Crippen molar-refractivity contribution in [2.24, 2.45) is 11.5 Å². The molecule has 0 bridgehead atoms. The van der Waals surface area contributed by atoms with Crippen LogP contribution in [0.2, 0.25) is 5.02 Å². The van der Waals surface area contributed by atoms with Gasteiger partial charge in [-0.2, -0.15) is 8.75 Å². The first kappa shape index (κ1) is 12.0. The highest BCUT2D eigenvalue weighted by Crippen LogP contribution is 2.29. The second-order valence-corrected chi connectivity index (χ2v) is 4.38. The number of halogens is 1. The average molecular weight is 272 g/mol. The highest BCUT2D eigenvalue weighted by atomic mass is 35.5. The van der Waals surface area contributed by atoms with E-state index in [-0.39, 0.29) is 6.54 Å². The van der Waals surface area contributed by atoms with Gasteiger partial charge in [-0.05, 0) is 12.1 Å². The number of nitrogens with zero attached hydrogens (tertiary/aromatic N) is 2. The molecule has 5 N–H and O–H groups in total. The normalized spacial score (nSPS) is 12.6. The zero-order valence-corrected chi connectivity index (χ0v) is 10.3. The summed E-state index contributed by atoms with van der Waals surface area (Å²) in [5.41, 5.74) is 12.6. The van der Waals surface area contributed by atoms with Gasteiger partial charge in [-0.25, -0.2) is 0 Å². The van der Waals surface area contributed by atoms with Crippen molar-refractivity contribution < 1.29 is 4.79 Å². The first-order valence-corrected chi connectivity index (χ1v) is 5.90. The van der Waals surface area contributed by atoms with Crippen molar-refractivity contribution in [3.63, 3.8) is 0 Å². The quantitative estimate of drug-likeness (QED) is 0.754. The molecule has 0 aliphatic rings. The molecule has 0 saturated carbocycles. The molecule has 8 heteroatoms. The number of fused-ring (bicyclic) bond motifs is 1. The van der Waals surface area contributed by atoms with Crippen LogP contribution in [0.5, 0.6) is 0 Å². The van der Waals surface area contributed by atoms with Crippen LogP contribution in [0.25, 0.3) is 11.0 Å². The highest BCUT2D eigenvalue weighted by molar-refractivity contribution is 7.00. The number of aromatic nitrogens is 2. The smallest absolute Gasteiger partial charge is 0.236 e. The molecule has 2 aromatic rings. The van der Waals surface area contributed by atoms with Crippen molar-refractivity contribution >= 4 is 46.0 Å². The molecular formula is C9H10ClN5OS. The predicted molar refractivity (Wildman–Crippen MR) is 68.1 cm³/mol. The number of carbonyl (C=O) groups is 1. The standard InChI is InChI=1S/C9H10ClN5OS/c10-4-1-2-6-8(15-17-14-6)7(4)13-3-5(11)9(12)16/h1-2,5,13H,3,11H2,(H2,12,16). The highest BCUT2D eigenvalue weighted by Gasteiger charge is 2.13. The third kappa shape index (κ3) is 2.46. The largest absolute Gasteiger partial charge is 0.380 e. The van der Waals surface area contributed by atoms with Crippen molar-refractivity contribution in [3.05, 3.63) is 17.2 Å². The van der Waals surface area contributed by atoms with Crippen LogP contribution in [-0.2, 0) is 4.79 Å². The molecule has 1 aromatic carbocycles. The summed E-state index contributed by atoms with van der Waals surface area (Å²) in [5.74, 6) is -0.572. The van der Waals surface area contributed by atoms with Gasteiger partial charge in [0.2, 0.25) is 5.91 Å². The molecule has 6 nitrogen and oxygen atoms in total. The molecule has 2 rings (SSSR count). The zero-order chi connectivity index (χ0) is 12.4. The number of amides is 1. The molecule has 1 unspecified atom stereocenters. The van der Waals surface area contributed by atoms with Crippen LogP contribution in [-0.4, -0.2) is 27.2 Å². The van der Waals surface area contributed by atoms with Gasteiger partial charge in [0.15, 0.2) is 0 Å². The summed E-state index contributed by atoms with van der Waals surface area (Å²) in [5, 5.41) is 3.47. The monoisotopic (exact) mass is 271 g/mol. The van der Waals surface area contributed by atoms with Crippen molar-refractivity contribution in [1.82, 2.24) is 8.75 Å². The summed E-state index contributed by atoms with van der Waals surface area (Å²) in [6.45, 7) is 0.200. The van der Waals surface area contributed by atoms with Crippen molar-refractivity contribution in [2.45, 2.75) is 6.04 Å². The molecule has 90 valence electrons. The van der Waals surface area contributed by atoms with Crippen LogP contribution in [0.15, 0.2) is 12.1 Å². The van der Waals surface area contributed by atoms with Crippen LogP contribution in [0.3, 0.4) is 0 Å². The fourth-order valence-electron chi connectivity index (χ4n) is 1.31. The minimum atomic E-state index is -0.770. The Morgan fingerprint density at radius 1 is 1.53 bits per heavy atom. The number of hydrogen-bond acceptors (Lipinski definition) is 6. The molecule has 1 atom stereocenters. The lowest BCUT2D eigenvalue weighted by Crippen LogP contribution is -2.41. The number of primary amides is 1. The number of carbonyl (C=O) groups excluding carboxylic acids is 1. The Hall–Kier alpha value is -1.44. The summed E-state index contributed by atoms with van der Waals surface area (Å²) in [7, 11) is 0. The van der Waals surface area contributed by atoms with E-state index in [1.807, 2.05) is 0 Å². The van der Waals surface area contributed by atoms with Crippen molar-refractivity contribution in [1.29, 1.82) is 0 Å². The number of anilines is 1. The summed E-state index contributed by atoms with van der Waals surface area (Å²) in [6, 6.07) is 2.72. The third-order valence-electron chi connectivity index (χ3n) is 2.24. The van der Waals surface area contributed by atoms with E-state index in [1.54, 1.807) is 12.1 Å². The van der Waals surface area contributed by atoms with Gasteiger partial charge in [-0.15, -0.1) is 0 Å². The first-order chi connectivity index (χ1) is 8.09. The Morgan fingerprint density at radius 2 is 2.29 bits per heavy atom. The van der Waals surface area contributed by atoms with Crippen molar-refractivity contribution in [2.75, 3.05) is 11.9 Å². The SMILES string of the molecule is NC(=O)C(N)CNc1c(Cl)ccc2nsnc12. The summed E-state index contributed by atoms with van der Waals surface area (Å²) >= 11 is 7.14. The number of nitrogens with two attached hydrogens (primary N) is 2. The number of nitrogens with one attached hydrogen (secondary N) is 1. The van der Waals surface area contributed by atoms with Gasteiger partial charge in [-0.1, -0.05) is 11.6 Å². The topological polar surface area (TPSA) is 107 Å². The summed E-state index contributed by atoms with van der Waals surface area (Å²) in [6.07, 6.45) is 0. The van der Waals surface area contributed by atoms with E-state index in [4.69, 9.17) is 23.1 Å². The van der Waals surface area contributed by atoms with Gasteiger partial charge in [-0.3, -0.25) is 4.79 Å². The molecule has 0 spiro atoms. The Morgan fingerprint density at radius 3 is 3.00 bits per heavy atom. The maximum absolute atomic E-state index is 10.8. The molecular weight excluding hydrogens is 262 g/mol. The van der Waals surface area contributed by atoms with Gasteiger partial charge in [0.05, 0.1) is 22.4 Å². The van der Waals surface area contributed by atoms with E-state index in [0.29, 0.717) is 16.2 Å². The minimum Gasteiger partial charge on any atom is -0.380 e. The molecule has 0 aliphatic carbocycles. The van der Waals surface area contributed by atoms with E-state index in [1.165, 1.54) is 0 Å². The minimum absolute atomic E-state index is 0.200. The fourth-order valence-corrected chi connectivity index (χ4v) is 2.07. The van der Waals surface area contributed by atoms with Gasteiger partial charge >= 0.3 is 0 Å². The second-order valence-electron chi connectivity index (χ2n) is 3.44. The van der Waals surface area contributed by atoms with Crippen LogP contribution in [0, 0.1) is 0 Å². The fraction of sp³-hybridized carbons (Fsp3) is 0.222. The van der Waals surface area contributed by atoms with Crippen molar-refractivity contribution in [3.8, 4) is 0 Å². The lowest BCUT2D eigenvalue weighted by Gasteiger charge is -2.11. The van der Waals surface area contributed by atoms with Gasteiger partial charge in [0.25, 0.3) is 0 Å². The Balaban J connectivity index is 2.25. The Labute approximate surface area is 106 Å². The summed E-state index contributed by atoms with van der Waals surface area (Å²) in [4.78, 5) is 10.8. The summed E-state index contributed by atoms with van der Waals surface area (Å²) < 4.78 is 8.22. The van der Waals surface area contributed by atoms with Gasteiger partial charge in [0, 0.05) is 6.54 Å². The second kappa shape index (κ2) is 4.82. The number of rotatable bonds is 4. The van der Waals surface area contributed by atoms with Crippen LogP contribution in [0.1, 0.15) is 0 Å². The number of hydrogen-bond donors (Lipinski definition) is 3. The molecule has 0 aliphatic heterocycles. The molecule has 0 fully saturated rings. The third-order valence-corrected chi connectivity index (χ3v) is 3.10. The van der Waals surface area contributed by atoms with Crippen LogP contribution < -0.4 is 16.8 Å². The van der Waals surface area contributed by atoms with Crippen LogP contribution in [0.4, 0.5) is 5.69 Å². The molecule has 0 saturated heterocycles. The van der Waals surface area contributed by atoms with E-state index >= 15 is 0 Å². The molecule has 1 amide bonds. The van der Waals surface area contributed by atoms with Crippen LogP contribution >= 0.6 is 23.3 Å². The predicted octanol–water partition coefficient (Wildman–Crippen LogP) is 0.569. The molecule has 0 radical (unpaired) electrons.